The third kappa shape index (κ3) is 4.65. The number of thioether (sulfide) groups is 1. The number of carbonyl (C=O) groups is 2. The van der Waals surface area contributed by atoms with Gasteiger partial charge < -0.3 is 9.47 Å². The average molecular weight is 446 g/mol. The summed E-state index contributed by atoms with van der Waals surface area (Å²) in [7, 11) is 3.16. The fourth-order valence-corrected chi connectivity index (χ4v) is 4.38. The van der Waals surface area contributed by atoms with Gasteiger partial charge in [0.05, 0.1) is 24.7 Å². The molecule has 158 valence electrons. The van der Waals surface area contributed by atoms with Crippen LogP contribution in [0.3, 0.4) is 0 Å². The van der Waals surface area contributed by atoms with E-state index < -0.39 is 0 Å². The monoisotopic (exact) mass is 445 g/mol. The first-order valence-electron chi connectivity index (χ1n) is 9.59. The molecule has 0 N–H and O–H groups in total. The van der Waals surface area contributed by atoms with Crippen LogP contribution in [0.5, 0.6) is 11.5 Å². The van der Waals surface area contributed by atoms with Crippen LogP contribution in [0.25, 0.3) is 5.57 Å². The van der Waals surface area contributed by atoms with Crippen LogP contribution < -0.4 is 9.47 Å². The van der Waals surface area contributed by atoms with Crippen LogP contribution in [0.4, 0.5) is 0 Å². The SMILES string of the molecule is COc1ccc(CCN2C(=O)C(SC(C)C)=C(c3ccc(Cl)cc3)C2=O)cc1OC. The Labute approximate surface area is 186 Å². The summed E-state index contributed by atoms with van der Waals surface area (Å²) < 4.78 is 10.6. The highest BCUT2D eigenvalue weighted by Crippen LogP contribution is 2.38. The van der Waals surface area contributed by atoms with Crippen molar-refractivity contribution in [1.82, 2.24) is 4.90 Å². The lowest BCUT2D eigenvalue weighted by Gasteiger charge is -2.16. The highest BCUT2D eigenvalue weighted by Gasteiger charge is 2.39. The Morgan fingerprint density at radius 1 is 0.967 bits per heavy atom. The number of carbonyl (C=O) groups excluding carboxylic acids is 2. The minimum Gasteiger partial charge on any atom is -0.493 e. The van der Waals surface area contributed by atoms with Gasteiger partial charge in [-0.15, -0.1) is 11.8 Å². The molecular formula is C23H24ClNO4S. The predicted molar refractivity (Wildman–Crippen MR) is 121 cm³/mol. The van der Waals surface area contributed by atoms with Crippen LogP contribution in [0.15, 0.2) is 47.4 Å². The van der Waals surface area contributed by atoms with Gasteiger partial charge in [-0.3, -0.25) is 14.5 Å². The summed E-state index contributed by atoms with van der Waals surface area (Å²) in [6, 6.07) is 12.6. The Kier molecular flexibility index (Phi) is 7.10. The fraction of sp³-hybridized carbons (Fsp3) is 0.304. The molecule has 1 aliphatic heterocycles. The lowest BCUT2D eigenvalue weighted by molar-refractivity contribution is -0.136. The molecule has 1 heterocycles. The summed E-state index contributed by atoms with van der Waals surface area (Å²) >= 11 is 7.41. The van der Waals surface area contributed by atoms with Crippen LogP contribution in [-0.2, 0) is 16.0 Å². The molecule has 0 saturated carbocycles. The van der Waals surface area contributed by atoms with E-state index in [9.17, 15) is 9.59 Å². The summed E-state index contributed by atoms with van der Waals surface area (Å²) in [6.45, 7) is 4.29. The Bertz CT molecular complexity index is 985. The van der Waals surface area contributed by atoms with Gasteiger partial charge in [-0.2, -0.15) is 0 Å². The van der Waals surface area contributed by atoms with E-state index in [-0.39, 0.29) is 23.6 Å². The molecule has 0 atom stereocenters. The minimum atomic E-state index is -0.272. The summed E-state index contributed by atoms with van der Waals surface area (Å²) in [5.41, 5.74) is 2.10. The Morgan fingerprint density at radius 2 is 1.63 bits per heavy atom. The zero-order chi connectivity index (χ0) is 21.8. The largest absolute Gasteiger partial charge is 0.493 e. The molecule has 0 fully saturated rings. The number of hydrogen-bond acceptors (Lipinski definition) is 5. The highest BCUT2D eigenvalue weighted by molar-refractivity contribution is 8.04. The maximum atomic E-state index is 13.2. The lowest BCUT2D eigenvalue weighted by Crippen LogP contribution is -2.33. The molecule has 1 aliphatic rings. The Hall–Kier alpha value is -2.44. The molecule has 0 aliphatic carbocycles. The van der Waals surface area contributed by atoms with Gasteiger partial charge in [0, 0.05) is 16.8 Å². The number of ether oxygens (including phenoxy) is 2. The highest BCUT2D eigenvalue weighted by atomic mass is 35.5. The van der Waals surface area contributed by atoms with Crippen molar-refractivity contribution >= 4 is 40.8 Å². The normalized spacial score (nSPS) is 14.1. The molecule has 0 unspecified atom stereocenters. The fourth-order valence-electron chi connectivity index (χ4n) is 3.25. The number of nitrogens with zero attached hydrogens (tertiary/aromatic N) is 1. The minimum absolute atomic E-state index is 0.171. The molecule has 0 radical (unpaired) electrons. The third-order valence-electron chi connectivity index (χ3n) is 4.68. The summed E-state index contributed by atoms with van der Waals surface area (Å²) in [6.07, 6.45) is 0.519. The van der Waals surface area contributed by atoms with Gasteiger partial charge in [0.25, 0.3) is 11.8 Å². The molecule has 0 spiro atoms. The van der Waals surface area contributed by atoms with Crippen molar-refractivity contribution < 1.29 is 19.1 Å². The molecule has 0 saturated heterocycles. The van der Waals surface area contributed by atoms with Gasteiger partial charge in [-0.05, 0) is 41.8 Å². The molecule has 0 aromatic heterocycles. The second-order valence-corrected chi connectivity index (χ2v) is 9.10. The number of imide groups is 1. The Morgan fingerprint density at radius 3 is 2.23 bits per heavy atom. The first-order valence-corrected chi connectivity index (χ1v) is 10.9. The summed E-state index contributed by atoms with van der Waals surface area (Å²) in [5.74, 6) is 0.733. The number of rotatable bonds is 8. The van der Waals surface area contributed by atoms with Crippen LogP contribution in [0.1, 0.15) is 25.0 Å². The zero-order valence-corrected chi connectivity index (χ0v) is 19.0. The molecule has 7 heteroatoms. The van der Waals surface area contributed by atoms with Gasteiger partial charge in [0.1, 0.15) is 0 Å². The van der Waals surface area contributed by atoms with E-state index in [1.807, 2.05) is 32.0 Å². The van der Waals surface area contributed by atoms with Crippen molar-refractivity contribution in [3.8, 4) is 11.5 Å². The van der Waals surface area contributed by atoms with Crippen LogP contribution in [0, 0.1) is 0 Å². The molecule has 2 amide bonds. The lowest BCUT2D eigenvalue weighted by atomic mass is 10.1. The number of amides is 2. The zero-order valence-electron chi connectivity index (χ0n) is 17.4. The maximum absolute atomic E-state index is 13.2. The van der Waals surface area contributed by atoms with E-state index in [0.717, 1.165) is 5.56 Å². The predicted octanol–water partition coefficient (Wildman–Crippen LogP) is 4.82. The van der Waals surface area contributed by atoms with Crippen molar-refractivity contribution in [3.63, 3.8) is 0 Å². The average Bonchev–Trinajstić information content (AvgIpc) is 2.95. The van der Waals surface area contributed by atoms with Crippen molar-refractivity contribution in [1.29, 1.82) is 0 Å². The first-order chi connectivity index (χ1) is 14.3. The van der Waals surface area contributed by atoms with E-state index in [2.05, 4.69) is 0 Å². The van der Waals surface area contributed by atoms with Crippen molar-refractivity contribution in [2.24, 2.45) is 0 Å². The van der Waals surface area contributed by atoms with Crippen LogP contribution in [0.2, 0.25) is 5.02 Å². The van der Waals surface area contributed by atoms with E-state index in [1.54, 1.807) is 38.5 Å². The molecule has 2 aromatic carbocycles. The maximum Gasteiger partial charge on any atom is 0.268 e. The smallest absolute Gasteiger partial charge is 0.268 e. The van der Waals surface area contributed by atoms with E-state index in [4.69, 9.17) is 21.1 Å². The van der Waals surface area contributed by atoms with Gasteiger partial charge in [0.2, 0.25) is 0 Å². The van der Waals surface area contributed by atoms with Gasteiger partial charge in [-0.25, -0.2) is 0 Å². The number of halogens is 1. The van der Waals surface area contributed by atoms with Crippen molar-refractivity contribution in [3.05, 3.63) is 63.5 Å². The Balaban J connectivity index is 1.85. The van der Waals surface area contributed by atoms with Crippen LogP contribution in [-0.4, -0.2) is 42.7 Å². The molecule has 2 aromatic rings. The van der Waals surface area contributed by atoms with Crippen molar-refractivity contribution in [2.45, 2.75) is 25.5 Å². The van der Waals surface area contributed by atoms with E-state index >= 15 is 0 Å². The third-order valence-corrected chi connectivity index (χ3v) is 6.02. The summed E-state index contributed by atoms with van der Waals surface area (Å²) in [5, 5.41) is 0.754. The molecule has 3 rings (SSSR count). The van der Waals surface area contributed by atoms with Gasteiger partial charge in [-0.1, -0.05) is 43.6 Å². The molecular weight excluding hydrogens is 422 g/mol. The van der Waals surface area contributed by atoms with E-state index in [0.29, 0.717) is 39.0 Å². The van der Waals surface area contributed by atoms with E-state index in [1.165, 1.54) is 16.7 Å². The first kappa shape index (κ1) is 22.2. The number of methoxy groups -OCH3 is 2. The standard InChI is InChI=1S/C23H24ClNO4S/c1-14(2)30-21-20(16-6-8-17(24)9-7-16)22(26)25(23(21)27)12-11-15-5-10-18(28-3)19(13-15)29-4/h5-10,13-14H,11-12H2,1-4H3. The van der Waals surface area contributed by atoms with Gasteiger partial charge >= 0.3 is 0 Å². The second-order valence-electron chi connectivity index (χ2n) is 7.08. The number of hydrogen-bond donors (Lipinski definition) is 0. The van der Waals surface area contributed by atoms with Crippen LogP contribution >= 0.6 is 23.4 Å². The molecule has 0 bridgehead atoms. The topological polar surface area (TPSA) is 55.8 Å². The second kappa shape index (κ2) is 9.58. The molecule has 5 nitrogen and oxygen atoms in total. The quantitative estimate of drug-likeness (QED) is 0.545. The molecule has 30 heavy (non-hydrogen) atoms. The number of benzene rings is 2. The summed E-state index contributed by atoms with van der Waals surface area (Å²) in [4.78, 5) is 28.1. The van der Waals surface area contributed by atoms with Crippen molar-refractivity contribution in [2.75, 3.05) is 20.8 Å². The van der Waals surface area contributed by atoms with Gasteiger partial charge in [0.15, 0.2) is 11.5 Å².